The largest absolute Gasteiger partial charge is 0.380 e. The molecule has 4 nitrogen and oxygen atoms in total. The summed E-state index contributed by atoms with van der Waals surface area (Å²) in [4.78, 5) is 14.3. The summed E-state index contributed by atoms with van der Waals surface area (Å²) < 4.78 is 0. The maximum absolute atomic E-state index is 11.8. The second-order valence-electron chi connectivity index (χ2n) is 6.33. The van der Waals surface area contributed by atoms with Crippen LogP contribution in [0.4, 0.5) is 5.69 Å². The van der Waals surface area contributed by atoms with E-state index in [1.54, 1.807) is 0 Å². The van der Waals surface area contributed by atoms with Crippen LogP contribution >= 0.6 is 0 Å². The van der Waals surface area contributed by atoms with Crippen LogP contribution in [0.25, 0.3) is 0 Å². The van der Waals surface area contributed by atoms with Crippen molar-refractivity contribution in [3.63, 3.8) is 0 Å². The molecule has 3 N–H and O–H groups in total. The van der Waals surface area contributed by atoms with Crippen LogP contribution in [0.5, 0.6) is 0 Å². The van der Waals surface area contributed by atoms with Gasteiger partial charge >= 0.3 is 0 Å². The number of nitrogens with two attached hydrogens (primary N) is 1. The summed E-state index contributed by atoms with van der Waals surface area (Å²) in [5.41, 5.74) is 8.34. The monoisotopic (exact) mass is 361 g/mol. The van der Waals surface area contributed by atoms with Crippen LogP contribution in [0.1, 0.15) is 72.3 Å². The highest BCUT2D eigenvalue weighted by molar-refractivity contribution is 5.78. The van der Waals surface area contributed by atoms with E-state index in [-0.39, 0.29) is 17.9 Å². The minimum Gasteiger partial charge on any atom is -0.380 e. The molecule has 2 saturated heterocycles. The molecule has 4 atom stereocenters. The topological polar surface area (TPSA) is 58.4 Å². The first-order valence-corrected chi connectivity index (χ1v) is 10.6. The zero-order valence-corrected chi connectivity index (χ0v) is 17.6. The Labute approximate surface area is 160 Å². The number of fused-ring (bicyclic) bond motifs is 5. The van der Waals surface area contributed by atoms with Gasteiger partial charge in [0.25, 0.3) is 0 Å². The Morgan fingerprint density at radius 2 is 1.69 bits per heavy atom. The van der Waals surface area contributed by atoms with E-state index in [1.165, 1.54) is 17.7 Å². The third-order valence-electron chi connectivity index (χ3n) is 5.37. The van der Waals surface area contributed by atoms with Gasteiger partial charge in [-0.15, -0.1) is 0 Å². The summed E-state index contributed by atoms with van der Waals surface area (Å²) >= 11 is 0. The predicted molar refractivity (Wildman–Crippen MR) is 113 cm³/mol. The van der Waals surface area contributed by atoms with Gasteiger partial charge in [-0.25, -0.2) is 0 Å². The molecule has 3 aliphatic heterocycles. The van der Waals surface area contributed by atoms with Crippen LogP contribution in [0.3, 0.4) is 0 Å². The van der Waals surface area contributed by atoms with Crippen LogP contribution in [-0.2, 0) is 4.79 Å². The lowest BCUT2D eigenvalue weighted by molar-refractivity contribution is -0.126. The van der Waals surface area contributed by atoms with Crippen molar-refractivity contribution in [2.45, 2.75) is 78.8 Å². The lowest BCUT2D eigenvalue weighted by Gasteiger charge is -2.48. The summed E-state index contributed by atoms with van der Waals surface area (Å²) in [7, 11) is 0. The van der Waals surface area contributed by atoms with Crippen molar-refractivity contribution in [1.82, 2.24) is 4.90 Å². The van der Waals surface area contributed by atoms with Gasteiger partial charge in [0.05, 0.1) is 5.92 Å². The molecule has 4 rings (SSSR count). The minimum absolute atomic E-state index is 0.00152. The number of nitrogens with zero attached hydrogens (tertiary/aromatic N) is 1. The number of piperidine rings is 2. The van der Waals surface area contributed by atoms with E-state index in [2.05, 4.69) is 34.5 Å². The van der Waals surface area contributed by atoms with Gasteiger partial charge in [-0.2, -0.15) is 0 Å². The van der Waals surface area contributed by atoms with Crippen molar-refractivity contribution in [3.05, 3.63) is 29.8 Å². The first-order chi connectivity index (χ1) is 12.8. The first kappa shape index (κ1) is 22.5. The number of primary amides is 1. The Morgan fingerprint density at radius 1 is 1.04 bits per heavy atom. The molecular formula is C22H39N3O. The zero-order chi connectivity index (χ0) is 19.7. The molecule has 0 aromatic heterocycles. The smallest absolute Gasteiger partial charge is 0.222 e. The summed E-state index contributed by atoms with van der Waals surface area (Å²) in [5, 5.41) is 3.67. The van der Waals surface area contributed by atoms with Crippen molar-refractivity contribution in [2.75, 3.05) is 18.4 Å². The SMILES string of the molecule is CC.CC.CC.NC(=O)C1CCCN2CCC3c4ccccc4NC3C12. The van der Waals surface area contributed by atoms with Crippen LogP contribution in [0.15, 0.2) is 24.3 Å². The van der Waals surface area contributed by atoms with Gasteiger partial charge in [0.2, 0.25) is 5.91 Å². The van der Waals surface area contributed by atoms with E-state index in [0.29, 0.717) is 12.0 Å². The molecule has 26 heavy (non-hydrogen) atoms. The summed E-state index contributed by atoms with van der Waals surface area (Å²) in [6.07, 6.45) is 3.21. The molecule has 4 heteroatoms. The van der Waals surface area contributed by atoms with Crippen molar-refractivity contribution < 1.29 is 4.79 Å². The van der Waals surface area contributed by atoms with E-state index < -0.39 is 0 Å². The molecule has 3 heterocycles. The molecule has 0 spiro atoms. The van der Waals surface area contributed by atoms with Gasteiger partial charge in [-0.05, 0) is 44.0 Å². The number of anilines is 1. The Hall–Kier alpha value is -1.55. The number of hydrogen-bond acceptors (Lipinski definition) is 3. The lowest BCUT2D eigenvalue weighted by Crippen LogP contribution is -2.60. The molecule has 0 radical (unpaired) electrons. The van der Waals surface area contributed by atoms with Gasteiger partial charge in [0.15, 0.2) is 0 Å². The molecule has 2 fully saturated rings. The predicted octanol–water partition coefficient (Wildman–Crippen LogP) is 4.61. The standard InChI is InChI=1S/C16H21N3O.3C2H6/c17-16(20)12-5-3-8-19-9-7-11-10-4-1-2-6-13(10)18-14(11)15(12)19;3*1-2/h1-2,4,6,11-12,14-15,18H,3,5,7-9H2,(H2,17,20);3*1-2H3. The molecule has 1 aromatic rings. The van der Waals surface area contributed by atoms with Crippen LogP contribution < -0.4 is 11.1 Å². The Bertz CT molecular complexity index is 546. The number of carbonyl (C=O) groups excluding carboxylic acids is 1. The third-order valence-corrected chi connectivity index (χ3v) is 5.37. The fourth-order valence-corrected chi connectivity index (χ4v) is 4.53. The Morgan fingerprint density at radius 3 is 2.35 bits per heavy atom. The van der Waals surface area contributed by atoms with Crippen molar-refractivity contribution >= 4 is 11.6 Å². The van der Waals surface area contributed by atoms with Crippen LogP contribution in [-0.4, -0.2) is 36.0 Å². The van der Waals surface area contributed by atoms with Gasteiger partial charge < -0.3 is 11.1 Å². The number of nitrogens with one attached hydrogen (secondary N) is 1. The molecule has 148 valence electrons. The van der Waals surface area contributed by atoms with Crippen LogP contribution in [0, 0.1) is 5.92 Å². The number of rotatable bonds is 1. The zero-order valence-electron chi connectivity index (χ0n) is 17.6. The highest BCUT2D eigenvalue weighted by Gasteiger charge is 2.48. The molecule has 0 aliphatic carbocycles. The summed E-state index contributed by atoms with van der Waals surface area (Å²) in [5.74, 6) is 0.406. The minimum atomic E-state index is -0.127. The second kappa shape index (κ2) is 11.2. The van der Waals surface area contributed by atoms with E-state index in [9.17, 15) is 4.79 Å². The van der Waals surface area contributed by atoms with Crippen LogP contribution in [0.2, 0.25) is 0 Å². The average Bonchev–Trinajstić information content (AvgIpc) is 3.11. The van der Waals surface area contributed by atoms with Gasteiger partial charge in [-0.3, -0.25) is 9.69 Å². The highest BCUT2D eigenvalue weighted by atomic mass is 16.1. The molecule has 0 saturated carbocycles. The first-order valence-electron chi connectivity index (χ1n) is 10.6. The highest BCUT2D eigenvalue weighted by Crippen LogP contribution is 2.46. The van der Waals surface area contributed by atoms with Crippen molar-refractivity contribution in [1.29, 1.82) is 0 Å². The quantitative estimate of drug-likeness (QED) is 0.768. The number of benzene rings is 1. The average molecular weight is 362 g/mol. The molecular weight excluding hydrogens is 322 g/mol. The molecule has 0 bridgehead atoms. The van der Waals surface area contributed by atoms with Gasteiger partial charge in [0.1, 0.15) is 0 Å². The maximum atomic E-state index is 11.8. The Kier molecular flexibility index (Phi) is 9.71. The number of amides is 1. The number of carbonyl (C=O) groups is 1. The molecule has 3 aliphatic rings. The normalized spacial score (nSPS) is 28.1. The number of hydrogen-bond donors (Lipinski definition) is 2. The third kappa shape index (κ3) is 4.40. The van der Waals surface area contributed by atoms with Gasteiger partial charge in [-0.1, -0.05) is 59.7 Å². The molecule has 1 aromatic carbocycles. The van der Waals surface area contributed by atoms with Crippen molar-refractivity contribution in [3.8, 4) is 0 Å². The molecule has 4 unspecified atom stereocenters. The maximum Gasteiger partial charge on any atom is 0.222 e. The van der Waals surface area contributed by atoms with E-state index in [1.807, 2.05) is 41.5 Å². The van der Waals surface area contributed by atoms with E-state index in [4.69, 9.17) is 5.73 Å². The second-order valence-corrected chi connectivity index (χ2v) is 6.33. The van der Waals surface area contributed by atoms with E-state index in [0.717, 1.165) is 25.9 Å². The number of para-hydroxylation sites is 1. The lowest BCUT2D eigenvalue weighted by atomic mass is 9.75. The van der Waals surface area contributed by atoms with E-state index >= 15 is 0 Å². The summed E-state index contributed by atoms with van der Waals surface area (Å²) in [6, 6.07) is 9.19. The van der Waals surface area contributed by atoms with Gasteiger partial charge in [0, 0.05) is 23.7 Å². The Balaban J connectivity index is 0.000000515. The molecule has 1 amide bonds. The summed E-state index contributed by atoms with van der Waals surface area (Å²) in [6.45, 7) is 14.2. The van der Waals surface area contributed by atoms with Crippen molar-refractivity contribution in [2.24, 2.45) is 11.7 Å². The fraction of sp³-hybridized carbons (Fsp3) is 0.682. The fourth-order valence-electron chi connectivity index (χ4n) is 4.53.